The van der Waals surface area contributed by atoms with Crippen LogP contribution in [0.2, 0.25) is 0 Å². The van der Waals surface area contributed by atoms with Gasteiger partial charge in [-0.05, 0) is 5.56 Å². The molecule has 0 saturated carbocycles. The first-order valence-corrected chi connectivity index (χ1v) is 6.22. The topological polar surface area (TPSA) is 73.2 Å². The number of nitrogens with one attached hydrogen (secondary N) is 1. The molecule has 19 heavy (non-hydrogen) atoms. The molecule has 1 saturated heterocycles. The molecule has 1 N–H and O–H groups in total. The van der Waals surface area contributed by atoms with E-state index in [4.69, 9.17) is 0 Å². The summed E-state index contributed by atoms with van der Waals surface area (Å²) in [6.45, 7) is 1.27. The average molecular weight is 257 g/mol. The van der Waals surface area contributed by atoms with Gasteiger partial charge in [-0.25, -0.2) is 0 Å². The molecule has 2 amide bonds. The van der Waals surface area contributed by atoms with Gasteiger partial charge >= 0.3 is 0 Å². The number of nitriles is 1. The molecular formula is C14H15N3O2. The van der Waals surface area contributed by atoms with Gasteiger partial charge in [-0.3, -0.25) is 9.59 Å². The highest BCUT2D eigenvalue weighted by atomic mass is 16.2. The fourth-order valence-electron chi connectivity index (χ4n) is 2.09. The van der Waals surface area contributed by atoms with Crippen molar-refractivity contribution in [2.75, 3.05) is 19.6 Å². The van der Waals surface area contributed by atoms with Gasteiger partial charge in [-0.1, -0.05) is 30.3 Å². The number of nitrogens with zero attached hydrogens (tertiary/aromatic N) is 2. The summed E-state index contributed by atoms with van der Waals surface area (Å²) in [6.07, 6.45) is 0.290. The molecule has 5 nitrogen and oxygen atoms in total. The zero-order valence-corrected chi connectivity index (χ0v) is 10.5. The molecule has 1 heterocycles. The van der Waals surface area contributed by atoms with Crippen LogP contribution < -0.4 is 5.32 Å². The van der Waals surface area contributed by atoms with Gasteiger partial charge in [0.1, 0.15) is 5.92 Å². The van der Waals surface area contributed by atoms with Crippen LogP contribution in [-0.4, -0.2) is 36.3 Å². The Kier molecular flexibility index (Phi) is 4.14. The first kappa shape index (κ1) is 13.1. The third-order valence-corrected chi connectivity index (χ3v) is 3.13. The van der Waals surface area contributed by atoms with Crippen molar-refractivity contribution in [2.45, 2.75) is 12.3 Å². The van der Waals surface area contributed by atoms with Gasteiger partial charge in [0, 0.05) is 26.1 Å². The number of hydrogen-bond donors (Lipinski definition) is 1. The minimum Gasteiger partial charge on any atom is -0.354 e. The lowest BCUT2D eigenvalue weighted by molar-refractivity contribution is -0.131. The quantitative estimate of drug-likeness (QED) is 0.845. The van der Waals surface area contributed by atoms with Gasteiger partial charge in [-0.2, -0.15) is 5.26 Å². The summed E-state index contributed by atoms with van der Waals surface area (Å²) in [7, 11) is 0. The van der Waals surface area contributed by atoms with Crippen molar-refractivity contribution in [3.8, 4) is 6.07 Å². The number of carbonyl (C=O) groups is 2. The van der Waals surface area contributed by atoms with Crippen LogP contribution >= 0.6 is 0 Å². The second-order valence-electron chi connectivity index (χ2n) is 4.40. The molecule has 98 valence electrons. The SMILES string of the molecule is N#CC(C(=O)N1CCNC(=O)CC1)c1ccccc1. The predicted molar refractivity (Wildman–Crippen MR) is 69.0 cm³/mol. The molecular weight excluding hydrogens is 242 g/mol. The van der Waals surface area contributed by atoms with Crippen molar-refractivity contribution in [1.29, 1.82) is 5.26 Å². The van der Waals surface area contributed by atoms with E-state index in [1.54, 1.807) is 29.2 Å². The van der Waals surface area contributed by atoms with E-state index >= 15 is 0 Å². The van der Waals surface area contributed by atoms with Crippen molar-refractivity contribution >= 4 is 11.8 Å². The van der Waals surface area contributed by atoms with Crippen LogP contribution in [0, 0.1) is 11.3 Å². The van der Waals surface area contributed by atoms with Crippen molar-refractivity contribution in [3.63, 3.8) is 0 Å². The maximum atomic E-state index is 12.4. The summed E-state index contributed by atoms with van der Waals surface area (Å²) in [5.74, 6) is -1.08. The highest BCUT2D eigenvalue weighted by molar-refractivity contribution is 5.87. The molecule has 2 rings (SSSR count). The van der Waals surface area contributed by atoms with Gasteiger partial charge in [0.05, 0.1) is 6.07 Å². The fraction of sp³-hybridized carbons (Fsp3) is 0.357. The molecule has 1 aliphatic heterocycles. The van der Waals surface area contributed by atoms with Crippen LogP contribution in [0.15, 0.2) is 30.3 Å². The minimum atomic E-state index is -0.797. The molecule has 1 atom stereocenters. The summed E-state index contributed by atoms with van der Waals surface area (Å²) in [6, 6.07) is 11.0. The number of benzene rings is 1. The van der Waals surface area contributed by atoms with Gasteiger partial charge in [-0.15, -0.1) is 0 Å². The fourth-order valence-corrected chi connectivity index (χ4v) is 2.09. The van der Waals surface area contributed by atoms with E-state index in [2.05, 4.69) is 11.4 Å². The Hall–Kier alpha value is -2.35. The molecule has 1 aromatic carbocycles. The monoisotopic (exact) mass is 257 g/mol. The van der Waals surface area contributed by atoms with Crippen molar-refractivity contribution < 1.29 is 9.59 Å². The standard InChI is InChI=1S/C14H15N3O2/c15-10-12(11-4-2-1-3-5-11)14(19)17-8-6-13(18)16-7-9-17/h1-5,12H,6-9H2,(H,16,18). The smallest absolute Gasteiger partial charge is 0.244 e. The lowest BCUT2D eigenvalue weighted by Crippen LogP contribution is -2.37. The number of amides is 2. The largest absolute Gasteiger partial charge is 0.354 e. The van der Waals surface area contributed by atoms with E-state index in [9.17, 15) is 14.9 Å². The molecule has 0 radical (unpaired) electrons. The summed E-state index contributed by atoms with van der Waals surface area (Å²) < 4.78 is 0. The lowest BCUT2D eigenvalue weighted by Gasteiger charge is -2.22. The number of carbonyl (C=O) groups excluding carboxylic acids is 2. The first-order chi connectivity index (χ1) is 9.22. The maximum Gasteiger partial charge on any atom is 0.244 e. The van der Waals surface area contributed by atoms with Gasteiger partial charge < -0.3 is 10.2 Å². The second-order valence-corrected chi connectivity index (χ2v) is 4.40. The Morgan fingerprint density at radius 1 is 1.32 bits per heavy atom. The van der Waals surface area contributed by atoms with Gasteiger partial charge in [0.15, 0.2) is 0 Å². The summed E-state index contributed by atoms with van der Waals surface area (Å²) >= 11 is 0. The van der Waals surface area contributed by atoms with Crippen LogP contribution in [0.3, 0.4) is 0 Å². The second kappa shape index (κ2) is 6.01. The van der Waals surface area contributed by atoms with Crippen LogP contribution in [0.1, 0.15) is 17.9 Å². The highest BCUT2D eigenvalue weighted by Gasteiger charge is 2.27. The Balaban J connectivity index is 2.13. The molecule has 1 aliphatic rings. The average Bonchev–Trinajstić information content (AvgIpc) is 2.65. The minimum absolute atomic E-state index is 0.0523. The predicted octanol–water partition coefficient (Wildman–Crippen LogP) is 0.642. The molecule has 1 unspecified atom stereocenters. The van der Waals surface area contributed by atoms with Gasteiger partial charge in [0.25, 0.3) is 0 Å². The van der Waals surface area contributed by atoms with Crippen molar-refractivity contribution in [3.05, 3.63) is 35.9 Å². The number of hydrogen-bond acceptors (Lipinski definition) is 3. The Labute approximate surface area is 111 Å². The normalized spacial score (nSPS) is 17.0. The summed E-state index contributed by atoms with van der Waals surface area (Å²) in [5, 5.41) is 11.9. The van der Waals surface area contributed by atoms with Crippen LogP contribution in [0.25, 0.3) is 0 Å². The van der Waals surface area contributed by atoms with Crippen molar-refractivity contribution in [2.24, 2.45) is 0 Å². The van der Waals surface area contributed by atoms with E-state index in [0.29, 0.717) is 31.6 Å². The van der Waals surface area contributed by atoms with Crippen LogP contribution in [0.4, 0.5) is 0 Å². The van der Waals surface area contributed by atoms with E-state index in [1.165, 1.54) is 0 Å². The van der Waals surface area contributed by atoms with Gasteiger partial charge in [0.2, 0.25) is 11.8 Å². The zero-order valence-electron chi connectivity index (χ0n) is 10.5. The highest BCUT2D eigenvalue weighted by Crippen LogP contribution is 2.18. The molecule has 0 bridgehead atoms. The van der Waals surface area contributed by atoms with E-state index in [0.717, 1.165) is 0 Å². The van der Waals surface area contributed by atoms with E-state index < -0.39 is 5.92 Å². The van der Waals surface area contributed by atoms with Crippen LogP contribution in [-0.2, 0) is 9.59 Å². The molecule has 0 spiro atoms. The Morgan fingerprint density at radius 2 is 2.05 bits per heavy atom. The zero-order chi connectivity index (χ0) is 13.7. The Morgan fingerprint density at radius 3 is 2.74 bits per heavy atom. The third-order valence-electron chi connectivity index (χ3n) is 3.13. The maximum absolute atomic E-state index is 12.4. The summed E-state index contributed by atoms with van der Waals surface area (Å²) in [4.78, 5) is 25.2. The molecule has 0 aromatic heterocycles. The van der Waals surface area contributed by atoms with Crippen LogP contribution in [0.5, 0.6) is 0 Å². The Bertz CT molecular complexity index is 507. The lowest BCUT2D eigenvalue weighted by atomic mass is 9.99. The molecule has 0 aliphatic carbocycles. The van der Waals surface area contributed by atoms with E-state index in [1.807, 2.05) is 6.07 Å². The first-order valence-electron chi connectivity index (χ1n) is 6.22. The molecule has 1 fully saturated rings. The molecule has 1 aromatic rings. The third kappa shape index (κ3) is 3.10. The van der Waals surface area contributed by atoms with Crippen molar-refractivity contribution in [1.82, 2.24) is 10.2 Å². The van der Waals surface area contributed by atoms with E-state index in [-0.39, 0.29) is 11.8 Å². The number of rotatable bonds is 2. The summed E-state index contributed by atoms with van der Waals surface area (Å²) in [5.41, 5.74) is 0.693. The molecule has 5 heteroatoms.